The van der Waals surface area contributed by atoms with Crippen molar-refractivity contribution in [3.63, 3.8) is 0 Å². The number of rotatable bonds is 4. The summed E-state index contributed by atoms with van der Waals surface area (Å²) in [6, 6.07) is 7.68. The first-order valence-corrected chi connectivity index (χ1v) is 8.46. The highest BCUT2D eigenvalue weighted by atomic mass is 32.1. The molecule has 1 N–H and O–H groups in total. The predicted octanol–water partition coefficient (Wildman–Crippen LogP) is 3.20. The van der Waals surface area contributed by atoms with Crippen LogP contribution in [0.3, 0.4) is 0 Å². The van der Waals surface area contributed by atoms with Gasteiger partial charge in [-0.2, -0.15) is 0 Å². The van der Waals surface area contributed by atoms with Gasteiger partial charge in [-0.25, -0.2) is 4.98 Å². The predicted molar refractivity (Wildman–Crippen MR) is 94.4 cm³/mol. The van der Waals surface area contributed by atoms with Gasteiger partial charge in [-0.1, -0.05) is 24.3 Å². The van der Waals surface area contributed by atoms with Crippen molar-refractivity contribution in [2.45, 2.75) is 33.8 Å². The van der Waals surface area contributed by atoms with Crippen LogP contribution in [0.1, 0.15) is 27.4 Å². The summed E-state index contributed by atoms with van der Waals surface area (Å²) in [5, 5.41) is 0.618. The molecule has 0 aliphatic heterocycles. The Hall–Kier alpha value is -2.47. The lowest BCUT2D eigenvalue weighted by Gasteiger charge is -2.06. The SMILES string of the molecule is Cc1ccccc1CC(=O)OCc1nc2sc(C)c(C)c2c(=O)[nH]1. The first-order valence-electron chi connectivity index (χ1n) is 7.64. The maximum atomic E-state index is 12.2. The highest BCUT2D eigenvalue weighted by molar-refractivity contribution is 7.18. The van der Waals surface area contributed by atoms with E-state index in [9.17, 15) is 9.59 Å². The van der Waals surface area contributed by atoms with E-state index in [-0.39, 0.29) is 24.6 Å². The molecule has 0 aliphatic rings. The Kier molecular flexibility index (Phi) is 4.49. The summed E-state index contributed by atoms with van der Waals surface area (Å²) in [6.07, 6.45) is 0.205. The summed E-state index contributed by atoms with van der Waals surface area (Å²) in [5.41, 5.74) is 2.74. The molecular formula is C18H18N2O3S. The first kappa shape index (κ1) is 16.4. The monoisotopic (exact) mass is 342 g/mol. The number of nitrogens with zero attached hydrogens (tertiary/aromatic N) is 1. The van der Waals surface area contributed by atoms with E-state index < -0.39 is 0 Å². The fourth-order valence-corrected chi connectivity index (χ4v) is 3.58. The Labute approximate surface area is 143 Å². The number of aryl methyl sites for hydroxylation is 3. The van der Waals surface area contributed by atoms with Gasteiger partial charge in [0.25, 0.3) is 5.56 Å². The third kappa shape index (κ3) is 3.23. The Morgan fingerprint density at radius 1 is 1.25 bits per heavy atom. The topological polar surface area (TPSA) is 72.0 Å². The summed E-state index contributed by atoms with van der Waals surface area (Å²) >= 11 is 1.47. The van der Waals surface area contributed by atoms with Gasteiger partial charge in [-0.3, -0.25) is 9.59 Å². The number of hydrogen-bond donors (Lipinski definition) is 1. The minimum atomic E-state index is -0.342. The quantitative estimate of drug-likeness (QED) is 0.739. The number of esters is 1. The molecule has 0 bridgehead atoms. The number of hydrogen-bond acceptors (Lipinski definition) is 5. The number of benzene rings is 1. The summed E-state index contributed by atoms with van der Waals surface area (Å²) < 4.78 is 5.26. The van der Waals surface area contributed by atoms with Gasteiger partial charge in [0.2, 0.25) is 0 Å². The van der Waals surface area contributed by atoms with Crippen LogP contribution in [-0.4, -0.2) is 15.9 Å². The Morgan fingerprint density at radius 3 is 2.75 bits per heavy atom. The molecule has 0 saturated heterocycles. The number of H-pyrrole nitrogens is 1. The van der Waals surface area contributed by atoms with Crippen LogP contribution in [0.2, 0.25) is 0 Å². The maximum Gasteiger partial charge on any atom is 0.310 e. The number of fused-ring (bicyclic) bond motifs is 1. The Balaban J connectivity index is 1.73. The van der Waals surface area contributed by atoms with Gasteiger partial charge >= 0.3 is 5.97 Å². The van der Waals surface area contributed by atoms with Crippen LogP contribution in [0.4, 0.5) is 0 Å². The maximum absolute atomic E-state index is 12.2. The standard InChI is InChI=1S/C18H18N2O3S/c1-10-6-4-5-7-13(10)8-15(21)23-9-14-19-17(22)16-11(2)12(3)24-18(16)20-14/h4-7H,8-9H2,1-3H3,(H,19,20,22). The third-order valence-electron chi connectivity index (χ3n) is 4.05. The van der Waals surface area contributed by atoms with E-state index in [1.165, 1.54) is 11.3 Å². The van der Waals surface area contributed by atoms with Crippen molar-refractivity contribution in [2.75, 3.05) is 0 Å². The number of carbonyl (C=O) groups is 1. The van der Waals surface area contributed by atoms with Crippen molar-refractivity contribution in [3.8, 4) is 0 Å². The molecule has 1 aromatic carbocycles. The molecule has 0 unspecified atom stereocenters. The second-order valence-corrected chi connectivity index (χ2v) is 6.94. The van der Waals surface area contributed by atoms with Crippen LogP contribution in [-0.2, 0) is 22.6 Å². The average molecular weight is 342 g/mol. The molecule has 3 aromatic rings. The van der Waals surface area contributed by atoms with Crippen LogP contribution in [0.25, 0.3) is 10.2 Å². The van der Waals surface area contributed by atoms with E-state index in [1.54, 1.807) is 0 Å². The number of ether oxygens (including phenoxy) is 1. The molecule has 0 atom stereocenters. The Bertz CT molecular complexity index is 972. The van der Waals surface area contributed by atoms with Crippen LogP contribution in [0.5, 0.6) is 0 Å². The molecule has 24 heavy (non-hydrogen) atoms. The molecule has 0 spiro atoms. The second kappa shape index (κ2) is 6.57. The lowest BCUT2D eigenvalue weighted by atomic mass is 10.1. The smallest absolute Gasteiger partial charge is 0.310 e. The van der Waals surface area contributed by atoms with Crippen molar-refractivity contribution >= 4 is 27.5 Å². The number of carbonyl (C=O) groups excluding carboxylic acids is 1. The molecule has 2 heterocycles. The van der Waals surface area contributed by atoms with Gasteiger partial charge in [0.1, 0.15) is 17.3 Å². The highest BCUT2D eigenvalue weighted by Gasteiger charge is 2.13. The summed E-state index contributed by atoms with van der Waals surface area (Å²) in [7, 11) is 0. The van der Waals surface area contributed by atoms with E-state index >= 15 is 0 Å². The van der Waals surface area contributed by atoms with Crippen molar-refractivity contribution in [2.24, 2.45) is 0 Å². The number of nitrogens with one attached hydrogen (secondary N) is 1. The fourth-order valence-electron chi connectivity index (χ4n) is 2.53. The molecule has 2 aromatic heterocycles. The van der Waals surface area contributed by atoms with Crippen molar-refractivity contribution in [1.82, 2.24) is 9.97 Å². The molecule has 0 saturated carbocycles. The Morgan fingerprint density at radius 2 is 2.00 bits per heavy atom. The first-order chi connectivity index (χ1) is 11.5. The highest BCUT2D eigenvalue weighted by Crippen LogP contribution is 2.25. The molecule has 124 valence electrons. The lowest BCUT2D eigenvalue weighted by molar-refractivity contribution is -0.144. The fraction of sp³-hybridized carbons (Fsp3) is 0.278. The molecule has 0 amide bonds. The van der Waals surface area contributed by atoms with Crippen LogP contribution in [0.15, 0.2) is 29.1 Å². The lowest BCUT2D eigenvalue weighted by Crippen LogP contribution is -2.15. The molecule has 0 aliphatic carbocycles. The van der Waals surface area contributed by atoms with Crippen LogP contribution < -0.4 is 5.56 Å². The number of aromatic nitrogens is 2. The number of thiophene rings is 1. The van der Waals surface area contributed by atoms with Gasteiger partial charge in [0, 0.05) is 4.88 Å². The molecule has 0 radical (unpaired) electrons. The minimum Gasteiger partial charge on any atom is -0.457 e. The average Bonchev–Trinajstić information content (AvgIpc) is 2.82. The minimum absolute atomic E-state index is 0.0358. The third-order valence-corrected chi connectivity index (χ3v) is 5.16. The zero-order valence-corrected chi connectivity index (χ0v) is 14.6. The molecular weight excluding hydrogens is 324 g/mol. The van der Waals surface area contributed by atoms with Crippen molar-refractivity contribution in [3.05, 3.63) is 62.0 Å². The van der Waals surface area contributed by atoms with Crippen LogP contribution >= 0.6 is 11.3 Å². The van der Waals surface area contributed by atoms with E-state index in [0.717, 1.165) is 21.6 Å². The normalized spacial score (nSPS) is 11.0. The second-order valence-electron chi connectivity index (χ2n) is 5.74. The van der Waals surface area contributed by atoms with Gasteiger partial charge in [-0.05, 0) is 37.5 Å². The van der Waals surface area contributed by atoms with E-state index in [4.69, 9.17) is 4.74 Å². The zero-order chi connectivity index (χ0) is 17.3. The molecule has 5 nitrogen and oxygen atoms in total. The molecule has 3 rings (SSSR count). The van der Waals surface area contributed by atoms with Gasteiger partial charge in [0.05, 0.1) is 11.8 Å². The van der Waals surface area contributed by atoms with E-state index in [0.29, 0.717) is 16.0 Å². The molecule has 0 fully saturated rings. The van der Waals surface area contributed by atoms with Crippen molar-refractivity contribution in [1.29, 1.82) is 0 Å². The van der Waals surface area contributed by atoms with E-state index in [1.807, 2.05) is 45.0 Å². The number of aromatic amines is 1. The molecule has 6 heteroatoms. The van der Waals surface area contributed by atoms with E-state index in [2.05, 4.69) is 9.97 Å². The largest absolute Gasteiger partial charge is 0.457 e. The summed E-state index contributed by atoms with van der Waals surface area (Å²) in [6.45, 7) is 5.79. The van der Waals surface area contributed by atoms with Gasteiger partial charge in [0.15, 0.2) is 0 Å². The van der Waals surface area contributed by atoms with Crippen LogP contribution in [0, 0.1) is 20.8 Å². The summed E-state index contributed by atoms with van der Waals surface area (Å²) in [4.78, 5) is 33.0. The van der Waals surface area contributed by atoms with Gasteiger partial charge < -0.3 is 9.72 Å². The summed E-state index contributed by atoms with van der Waals surface area (Å²) in [5.74, 6) is 0.0254. The zero-order valence-electron chi connectivity index (χ0n) is 13.8. The van der Waals surface area contributed by atoms with Gasteiger partial charge in [-0.15, -0.1) is 11.3 Å². The van der Waals surface area contributed by atoms with Crippen molar-refractivity contribution < 1.29 is 9.53 Å².